The lowest BCUT2D eigenvalue weighted by Gasteiger charge is -2.55. The third-order valence-corrected chi connectivity index (χ3v) is 6.58. The molecule has 24 heavy (non-hydrogen) atoms. The fourth-order valence-corrected chi connectivity index (χ4v) is 4.92. The lowest BCUT2D eigenvalue weighted by Crippen LogP contribution is -2.59. The second-order valence-electron chi connectivity index (χ2n) is 7.90. The molecule has 0 saturated carbocycles. The molecule has 0 aromatic heterocycles. The van der Waals surface area contributed by atoms with E-state index in [9.17, 15) is 9.90 Å². The molecule has 1 aromatic rings. The summed E-state index contributed by atoms with van der Waals surface area (Å²) in [7, 11) is 0. The van der Waals surface area contributed by atoms with Crippen LogP contribution in [0.25, 0.3) is 0 Å². The predicted octanol–water partition coefficient (Wildman–Crippen LogP) is 2.79. The van der Waals surface area contributed by atoms with Gasteiger partial charge in [0.15, 0.2) is 0 Å². The van der Waals surface area contributed by atoms with E-state index < -0.39 is 0 Å². The molecule has 1 aliphatic carbocycles. The standard InChI is InChI=1S/C20H25NO3/c1-12-8-16(24-19(12)23)11-21-7-6-20(3)13(2)18(21)9-14-4-5-15(22)10-17(14)20/h4-5,10,13,16,18,22H,1,6-9,11H2,2-3H3/t13-,16+,18+,20-/m1/s1. The average molecular weight is 327 g/mol. The van der Waals surface area contributed by atoms with Crippen LogP contribution in [0.4, 0.5) is 0 Å². The first-order valence-electron chi connectivity index (χ1n) is 8.83. The number of carbonyl (C=O) groups excluding carboxylic acids is 1. The molecule has 2 heterocycles. The highest BCUT2D eigenvalue weighted by Gasteiger charge is 2.49. The Balaban J connectivity index is 1.60. The van der Waals surface area contributed by atoms with E-state index >= 15 is 0 Å². The summed E-state index contributed by atoms with van der Waals surface area (Å²) in [6.07, 6.45) is 2.65. The Labute approximate surface area is 143 Å². The lowest BCUT2D eigenvalue weighted by atomic mass is 9.59. The fraction of sp³-hybridized carbons (Fsp3) is 0.550. The number of rotatable bonds is 2. The molecule has 4 atom stereocenters. The van der Waals surface area contributed by atoms with Crippen LogP contribution in [0.5, 0.6) is 5.75 Å². The maximum atomic E-state index is 11.6. The van der Waals surface area contributed by atoms with Crippen LogP contribution in [-0.2, 0) is 21.4 Å². The van der Waals surface area contributed by atoms with Crippen LogP contribution in [0.3, 0.4) is 0 Å². The van der Waals surface area contributed by atoms with Gasteiger partial charge in [0.25, 0.3) is 0 Å². The van der Waals surface area contributed by atoms with Crippen molar-refractivity contribution in [3.05, 3.63) is 41.5 Å². The second kappa shape index (κ2) is 5.35. The third kappa shape index (κ3) is 2.27. The van der Waals surface area contributed by atoms with Gasteiger partial charge < -0.3 is 9.84 Å². The average Bonchev–Trinajstić information content (AvgIpc) is 2.85. The van der Waals surface area contributed by atoms with Crippen LogP contribution in [0, 0.1) is 5.92 Å². The van der Waals surface area contributed by atoms with Crippen LogP contribution in [0.2, 0.25) is 0 Å². The molecular formula is C20H25NO3. The van der Waals surface area contributed by atoms with Crippen LogP contribution < -0.4 is 0 Å². The number of piperidine rings is 1. The highest BCUT2D eigenvalue weighted by Crippen LogP contribution is 2.49. The van der Waals surface area contributed by atoms with Crippen molar-refractivity contribution in [1.29, 1.82) is 0 Å². The molecule has 2 aliphatic heterocycles. The number of carbonyl (C=O) groups is 1. The van der Waals surface area contributed by atoms with E-state index in [1.807, 2.05) is 6.07 Å². The van der Waals surface area contributed by atoms with Crippen LogP contribution in [0.1, 0.15) is 37.8 Å². The number of cyclic esters (lactones) is 1. The van der Waals surface area contributed by atoms with Gasteiger partial charge >= 0.3 is 5.97 Å². The number of esters is 1. The number of benzene rings is 1. The number of hydrogen-bond donors (Lipinski definition) is 1. The number of ether oxygens (including phenoxy) is 1. The van der Waals surface area contributed by atoms with Crippen molar-refractivity contribution in [1.82, 2.24) is 4.90 Å². The Morgan fingerprint density at radius 2 is 2.21 bits per heavy atom. The molecule has 3 aliphatic rings. The monoisotopic (exact) mass is 327 g/mol. The highest BCUT2D eigenvalue weighted by atomic mass is 16.5. The number of phenolic OH excluding ortho intramolecular Hbond substituents is 1. The highest BCUT2D eigenvalue weighted by molar-refractivity contribution is 5.89. The zero-order valence-corrected chi connectivity index (χ0v) is 14.4. The van der Waals surface area contributed by atoms with Gasteiger partial charge in [0.2, 0.25) is 0 Å². The van der Waals surface area contributed by atoms with E-state index in [0.29, 0.717) is 29.7 Å². The summed E-state index contributed by atoms with van der Waals surface area (Å²) >= 11 is 0. The molecule has 1 aromatic carbocycles. The molecule has 4 nitrogen and oxygen atoms in total. The molecule has 0 radical (unpaired) electrons. The van der Waals surface area contributed by atoms with Crippen molar-refractivity contribution in [3.8, 4) is 5.75 Å². The molecular weight excluding hydrogens is 302 g/mol. The minimum Gasteiger partial charge on any atom is -0.508 e. The summed E-state index contributed by atoms with van der Waals surface area (Å²) < 4.78 is 5.45. The van der Waals surface area contributed by atoms with E-state index in [2.05, 4.69) is 31.4 Å². The SMILES string of the molecule is C=C1C[C@@H](CN2CC[C@@]3(C)c4cc(O)ccc4C[C@H]2[C@H]3C)OC1=O. The summed E-state index contributed by atoms with van der Waals surface area (Å²) in [6, 6.07) is 6.28. The van der Waals surface area contributed by atoms with E-state index in [-0.39, 0.29) is 17.5 Å². The van der Waals surface area contributed by atoms with Gasteiger partial charge in [0, 0.05) is 24.6 Å². The summed E-state index contributed by atoms with van der Waals surface area (Å²) in [5.74, 6) is 0.625. The molecule has 2 saturated heterocycles. The quantitative estimate of drug-likeness (QED) is 0.670. The molecule has 2 fully saturated rings. The van der Waals surface area contributed by atoms with Crippen molar-refractivity contribution in [3.63, 3.8) is 0 Å². The molecule has 4 rings (SSSR count). The molecule has 2 bridgehead atoms. The minimum absolute atomic E-state index is 0.0530. The first-order valence-corrected chi connectivity index (χ1v) is 8.83. The van der Waals surface area contributed by atoms with Gasteiger partial charge in [-0.1, -0.05) is 26.5 Å². The van der Waals surface area contributed by atoms with E-state index in [1.54, 1.807) is 6.07 Å². The van der Waals surface area contributed by atoms with Gasteiger partial charge in [-0.3, -0.25) is 4.90 Å². The van der Waals surface area contributed by atoms with Crippen molar-refractivity contribution in [2.45, 2.75) is 50.7 Å². The van der Waals surface area contributed by atoms with Gasteiger partial charge in [-0.15, -0.1) is 0 Å². The Morgan fingerprint density at radius 1 is 1.42 bits per heavy atom. The van der Waals surface area contributed by atoms with Crippen LogP contribution in [0.15, 0.2) is 30.4 Å². The number of hydrogen-bond acceptors (Lipinski definition) is 4. The molecule has 4 heteroatoms. The second-order valence-corrected chi connectivity index (χ2v) is 7.90. The number of likely N-dealkylation sites (tertiary alicyclic amines) is 1. The van der Waals surface area contributed by atoms with E-state index in [4.69, 9.17) is 4.74 Å². The van der Waals surface area contributed by atoms with Gasteiger partial charge in [-0.25, -0.2) is 4.79 Å². The van der Waals surface area contributed by atoms with Crippen molar-refractivity contribution in [2.24, 2.45) is 5.92 Å². The van der Waals surface area contributed by atoms with Crippen molar-refractivity contribution < 1.29 is 14.6 Å². The summed E-state index contributed by atoms with van der Waals surface area (Å²) in [5.41, 5.74) is 3.35. The smallest absolute Gasteiger partial charge is 0.333 e. The maximum absolute atomic E-state index is 11.6. The van der Waals surface area contributed by atoms with Crippen molar-refractivity contribution in [2.75, 3.05) is 13.1 Å². The molecule has 1 N–H and O–H groups in total. The first kappa shape index (κ1) is 15.7. The predicted molar refractivity (Wildman–Crippen MR) is 91.9 cm³/mol. The number of nitrogens with zero attached hydrogens (tertiary/aromatic N) is 1. The Kier molecular flexibility index (Phi) is 3.50. The van der Waals surface area contributed by atoms with E-state index in [1.165, 1.54) is 11.1 Å². The summed E-state index contributed by atoms with van der Waals surface area (Å²) in [5, 5.41) is 9.91. The van der Waals surface area contributed by atoms with Crippen molar-refractivity contribution >= 4 is 5.97 Å². The zero-order chi connectivity index (χ0) is 17.1. The Morgan fingerprint density at radius 3 is 2.92 bits per heavy atom. The number of aromatic hydroxyl groups is 1. The van der Waals surface area contributed by atoms with Crippen LogP contribution >= 0.6 is 0 Å². The first-order chi connectivity index (χ1) is 11.4. The molecule has 0 amide bonds. The molecule has 128 valence electrons. The van der Waals surface area contributed by atoms with Crippen LogP contribution in [-0.4, -0.2) is 41.2 Å². The maximum Gasteiger partial charge on any atom is 0.333 e. The Hall–Kier alpha value is -1.81. The van der Waals surface area contributed by atoms with Gasteiger partial charge in [-0.05, 0) is 54.0 Å². The summed E-state index contributed by atoms with van der Waals surface area (Å²) in [4.78, 5) is 14.1. The summed E-state index contributed by atoms with van der Waals surface area (Å²) in [6.45, 7) is 10.2. The third-order valence-electron chi connectivity index (χ3n) is 6.58. The van der Waals surface area contributed by atoms with Gasteiger partial charge in [-0.2, -0.15) is 0 Å². The van der Waals surface area contributed by atoms with Gasteiger partial charge in [0.05, 0.1) is 0 Å². The zero-order valence-electron chi connectivity index (χ0n) is 14.4. The largest absolute Gasteiger partial charge is 0.508 e. The fourth-order valence-electron chi connectivity index (χ4n) is 4.92. The molecule has 0 unspecified atom stereocenters. The van der Waals surface area contributed by atoms with Gasteiger partial charge in [0.1, 0.15) is 11.9 Å². The topological polar surface area (TPSA) is 49.8 Å². The minimum atomic E-state index is -0.237. The van der Waals surface area contributed by atoms with E-state index in [0.717, 1.165) is 25.9 Å². The Bertz CT molecular complexity index is 697. The number of phenols is 1. The molecule has 0 spiro atoms. The normalized spacial score (nSPS) is 35.7. The lowest BCUT2D eigenvalue weighted by molar-refractivity contribution is -0.140. The number of fused-ring (bicyclic) bond motifs is 4.